The summed E-state index contributed by atoms with van der Waals surface area (Å²) in [7, 11) is 0. The molecule has 0 saturated heterocycles. The minimum Gasteiger partial charge on any atom is -0.438 e. The van der Waals surface area contributed by atoms with E-state index in [0.717, 1.165) is 11.1 Å². The first kappa shape index (κ1) is 12.5. The van der Waals surface area contributed by atoms with Gasteiger partial charge in [-0.1, -0.05) is 6.07 Å². The number of hydrogen-bond acceptors (Lipinski definition) is 3. The summed E-state index contributed by atoms with van der Waals surface area (Å²) < 4.78 is 18.7. The smallest absolute Gasteiger partial charge is 0.222 e. The molecule has 0 bridgehead atoms. The van der Waals surface area contributed by atoms with Gasteiger partial charge in [-0.25, -0.2) is 9.37 Å². The summed E-state index contributed by atoms with van der Waals surface area (Å²) in [6, 6.07) is 8.17. The highest BCUT2D eigenvalue weighted by atomic mass is 19.1. The lowest BCUT2D eigenvalue weighted by molar-refractivity contribution is 0.451. The lowest BCUT2D eigenvalue weighted by atomic mass is 10.2. The molecule has 0 fully saturated rings. The normalized spacial score (nSPS) is 10.4. The van der Waals surface area contributed by atoms with E-state index < -0.39 is 0 Å². The summed E-state index contributed by atoms with van der Waals surface area (Å²) in [5.74, 6) is 0.856. The van der Waals surface area contributed by atoms with Crippen LogP contribution in [0.4, 0.5) is 4.39 Å². The van der Waals surface area contributed by atoms with Crippen LogP contribution in [0.15, 0.2) is 36.5 Å². The van der Waals surface area contributed by atoms with Crippen LogP contribution >= 0.6 is 0 Å². The molecule has 3 nitrogen and oxygen atoms in total. The lowest BCUT2D eigenvalue weighted by Crippen LogP contribution is -2.05. The van der Waals surface area contributed by atoms with E-state index in [1.807, 2.05) is 12.1 Å². The van der Waals surface area contributed by atoms with Crippen molar-refractivity contribution >= 4 is 0 Å². The van der Waals surface area contributed by atoms with Gasteiger partial charge in [-0.15, -0.1) is 0 Å². The molecule has 1 aromatic carbocycles. The van der Waals surface area contributed by atoms with Crippen molar-refractivity contribution in [3.63, 3.8) is 0 Å². The molecule has 0 spiro atoms. The molecule has 0 aliphatic heterocycles. The summed E-state index contributed by atoms with van der Waals surface area (Å²) in [6.45, 7) is 2.33. The zero-order chi connectivity index (χ0) is 13.0. The van der Waals surface area contributed by atoms with Crippen molar-refractivity contribution in [3.8, 4) is 11.6 Å². The zero-order valence-electron chi connectivity index (χ0n) is 10.2. The zero-order valence-corrected chi connectivity index (χ0v) is 10.2. The van der Waals surface area contributed by atoms with Crippen molar-refractivity contribution in [3.05, 3.63) is 53.5 Å². The van der Waals surface area contributed by atoms with Crippen LogP contribution in [-0.4, -0.2) is 11.5 Å². The van der Waals surface area contributed by atoms with Gasteiger partial charge in [0.2, 0.25) is 5.88 Å². The topological polar surface area (TPSA) is 48.1 Å². The quantitative estimate of drug-likeness (QED) is 0.902. The third-order valence-corrected chi connectivity index (χ3v) is 2.61. The van der Waals surface area contributed by atoms with E-state index in [0.29, 0.717) is 24.6 Å². The van der Waals surface area contributed by atoms with Crippen LogP contribution < -0.4 is 10.5 Å². The Kier molecular flexibility index (Phi) is 3.89. The maximum absolute atomic E-state index is 13.0. The number of pyridine rings is 1. The number of ether oxygens (including phenoxy) is 1. The molecule has 0 aliphatic rings. The molecule has 0 radical (unpaired) electrons. The predicted molar refractivity (Wildman–Crippen MR) is 68.2 cm³/mol. The molecule has 18 heavy (non-hydrogen) atoms. The highest BCUT2D eigenvalue weighted by Gasteiger charge is 2.07. The van der Waals surface area contributed by atoms with Crippen LogP contribution in [0.5, 0.6) is 11.6 Å². The van der Waals surface area contributed by atoms with Gasteiger partial charge in [0.25, 0.3) is 0 Å². The third kappa shape index (κ3) is 2.84. The molecule has 2 N–H and O–H groups in total. The Morgan fingerprint density at radius 2 is 2.17 bits per heavy atom. The lowest BCUT2D eigenvalue weighted by Gasteiger charge is -2.11. The molecule has 2 rings (SSSR count). The Balaban J connectivity index is 2.28. The van der Waals surface area contributed by atoms with Crippen LogP contribution in [0.25, 0.3) is 0 Å². The Hall–Kier alpha value is -1.94. The van der Waals surface area contributed by atoms with Crippen molar-refractivity contribution in [2.24, 2.45) is 5.73 Å². The van der Waals surface area contributed by atoms with E-state index in [1.54, 1.807) is 19.2 Å². The maximum atomic E-state index is 13.0. The van der Waals surface area contributed by atoms with Crippen LogP contribution in [0, 0.1) is 12.7 Å². The minimum atomic E-state index is -0.275. The highest BCUT2D eigenvalue weighted by Crippen LogP contribution is 2.26. The van der Waals surface area contributed by atoms with E-state index in [1.165, 1.54) is 12.1 Å². The molecule has 0 unspecified atom stereocenters. The molecule has 0 saturated carbocycles. The Morgan fingerprint density at radius 1 is 1.33 bits per heavy atom. The second-order valence-electron chi connectivity index (χ2n) is 4.02. The molecular weight excluding hydrogens is 231 g/mol. The average molecular weight is 246 g/mol. The number of hydrogen-bond donors (Lipinski definition) is 1. The Morgan fingerprint density at radius 3 is 2.89 bits per heavy atom. The van der Waals surface area contributed by atoms with Crippen LogP contribution in [0.1, 0.15) is 11.1 Å². The fraction of sp³-hybridized carbons (Fsp3) is 0.214. The van der Waals surface area contributed by atoms with Gasteiger partial charge in [-0.05, 0) is 49.7 Å². The molecule has 0 aliphatic carbocycles. The van der Waals surface area contributed by atoms with Crippen molar-refractivity contribution in [2.45, 2.75) is 13.3 Å². The van der Waals surface area contributed by atoms with E-state index >= 15 is 0 Å². The Bertz CT molecular complexity index is 543. The van der Waals surface area contributed by atoms with Gasteiger partial charge < -0.3 is 10.5 Å². The van der Waals surface area contributed by atoms with Gasteiger partial charge in [0.1, 0.15) is 11.6 Å². The van der Waals surface area contributed by atoms with Gasteiger partial charge in [-0.3, -0.25) is 0 Å². The summed E-state index contributed by atoms with van der Waals surface area (Å²) >= 11 is 0. The average Bonchev–Trinajstić information content (AvgIpc) is 2.35. The van der Waals surface area contributed by atoms with Gasteiger partial charge in [0.05, 0.1) is 0 Å². The largest absolute Gasteiger partial charge is 0.438 e. The second kappa shape index (κ2) is 5.60. The van der Waals surface area contributed by atoms with E-state index in [2.05, 4.69) is 4.98 Å². The summed E-state index contributed by atoms with van der Waals surface area (Å²) in [5, 5.41) is 0. The van der Waals surface area contributed by atoms with E-state index in [-0.39, 0.29) is 5.82 Å². The van der Waals surface area contributed by atoms with Gasteiger partial charge in [-0.2, -0.15) is 0 Å². The third-order valence-electron chi connectivity index (χ3n) is 2.61. The fourth-order valence-electron chi connectivity index (χ4n) is 1.69. The number of benzene rings is 1. The molecule has 0 amide bonds. The number of nitrogens with zero attached hydrogens (tertiary/aromatic N) is 1. The summed E-state index contributed by atoms with van der Waals surface area (Å²) in [5.41, 5.74) is 7.22. The van der Waals surface area contributed by atoms with Gasteiger partial charge in [0.15, 0.2) is 0 Å². The highest BCUT2D eigenvalue weighted by molar-refractivity contribution is 5.37. The summed E-state index contributed by atoms with van der Waals surface area (Å²) in [4.78, 5) is 4.18. The molecule has 2 aromatic rings. The molecule has 4 heteroatoms. The first-order valence-electron chi connectivity index (χ1n) is 5.78. The van der Waals surface area contributed by atoms with Crippen molar-refractivity contribution < 1.29 is 9.13 Å². The SMILES string of the molecule is Cc1cc(F)ccc1Oc1ncccc1CCN. The van der Waals surface area contributed by atoms with Crippen LogP contribution in [0.3, 0.4) is 0 Å². The maximum Gasteiger partial charge on any atom is 0.222 e. The van der Waals surface area contributed by atoms with E-state index in [9.17, 15) is 4.39 Å². The first-order chi connectivity index (χ1) is 8.70. The van der Waals surface area contributed by atoms with E-state index in [4.69, 9.17) is 10.5 Å². The monoisotopic (exact) mass is 246 g/mol. The number of halogens is 1. The van der Waals surface area contributed by atoms with Gasteiger partial charge >= 0.3 is 0 Å². The molecule has 0 atom stereocenters. The van der Waals surface area contributed by atoms with Gasteiger partial charge in [0, 0.05) is 11.8 Å². The number of nitrogens with two attached hydrogens (primary N) is 1. The molecular formula is C14H15FN2O. The number of rotatable bonds is 4. The van der Waals surface area contributed by atoms with Crippen molar-refractivity contribution in [1.29, 1.82) is 0 Å². The minimum absolute atomic E-state index is 0.275. The number of aromatic nitrogens is 1. The van der Waals surface area contributed by atoms with Crippen LogP contribution in [-0.2, 0) is 6.42 Å². The van der Waals surface area contributed by atoms with Crippen molar-refractivity contribution in [2.75, 3.05) is 6.54 Å². The standard InChI is InChI=1S/C14H15FN2O/c1-10-9-12(15)4-5-13(10)18-14-11(6-7-16)3-2-8-17-14/h2-5,8-9H,6-7,16H2,1H3. The fourth-order valence-corrected chi connectivity index (χ4v) is 1.69. The molecule has 1 heterocycles. The molecule has 94 valence electrons. The second-order valence-corrected chi connectivity index (χ2v) is 4.02. The first-order valence-corrected chi connectivity index (χ1v) is 5.78. The predicted octanol–water partition coefficient (Wildman–Crippen LogP) is 2.82. The van der Waals surface area contributed by atoms with Crippen molar-refractivity contribution in [1.82, 2.24) is 4.98 Å². The number of aryl methyl sites for hydroxylation is 1. The Labute approximate surface area is 105 Å². The van der Waals surface area contributed by atoms with Crippen LogP contribution in [0.2, 0.25) is 0 Å². The summed E-state index contributed by atoms with van der Waals surface area (Å²) in [6.07, 6.45) is 2.36. The molecule has 1 aromatic heterocycles.